The van der Waals surface area contributed by atoms with Gasteiger partial charge in [0, 0.05) is 44.9 Å². The number of Topliss-reactive ketones (excluding diaryl/α,β-unsaturated/α-hetero) is 2. The second-order valence-corrected chi connectivity index (χ2v) is 18.6. The van der Waals surface area contributed by atoms with Gasteiger partial charge in [0.25, 0.3) is 11.7 Å². The van der Waals surface area contributed by atoms with Crippen molar-refractivity contribution < 1.29 is 62.6 Å². The van der Waals surface area contributed by atoms with Crippen molar-refractivity contribution in [1.82, 2.24) is 4.90 Å². The molecule has 2 bridgehead atoms. The minimum absolute atomic E-state index is 0.00392. The molecule has 0 radical (unpaired) electrons. The lowest BCUT2D eigenvalue weighted by Gasteiger charge is -2.47. The summed E-state index contributed by atoms with van der Waals surface area (Å²) in [5, 5.41) is 23.9. The van der Waals surface area contributed by atoms with Crippen molar-refractivity contribution in [3.8, 4) is 0 Å². The molecule has 1 saturated carbocycles. The Labute approximate surface area is 369 Å². The second-order valence-electron chi connectivity index (χ2n) is 18.6. The van der Waals surface area contributed by atoms with Crippen LogP contribution in [0, 0.1) is 35.5 Å². The Balaban J connectivity index is 1.72. The van der Waals surface area contributed by atoms with Crippen LogP contribution in [-0.4, -0.2) is 127 Å². The molecule has 350 valence electrons. The molecule has 2 saturated heterocycles. The molecule has 0 aromatic rings. The third kappa shape index (κ3) is 12.9. The summed E-state index contributed by atoms with van der Waals surface area (Å²) in [6.45, 7) is 17.2. The standard InChI is InChI=1S/C48H75NO13/c1-11-15-35-21-28(3)20-29(4)22-40(57-9)44-41(58-10)25-32(7)48(56,62-44)45(53)46(54)49-19-14-13-16-36(49)47(55)61-43(33(8)37(50)26-38(35)51)31(6)24-34-17-18-39(30(5)23-34)60-27-42(52)59-12-2/h11,21,24,29-30,32-37,39-41,43-44,50,56H,1,12-20,22-23,25-27H2,2-10H3/b28-21+,31-24+/t29-,30?,32+,33+,34+,35+,36-,37-,39+,40-,41-,43+,44+,48+/m0/s1. The van der Waals surface area contributed by atoms with Gasteiger partial charge in [-0.1, -0.05) is 51.5 Å². The van der Waals surface area contributed by atoms with Gasteiger partial charge >= 0.3 is 11.9 Å². The molecule has 4 aliphatic rings. The SMILES string of the molecule is C=CC[C@@H]1/C=C(\C)C[C@H](C)C[C@H](OC)[C@H]2O[C@@](O)(C(=O)C(=O)N3CCCC[C@H]3C(=O)O[C@H](/C(C)=C/[C@@H]3CC[C@@H](OCC(=O)OCC)C(C)C3)[C@H](C)[C@@H](O)CC1=O)[C@H](C)C[C@@H]2OC. The van der Waals surface area contributed by atoms with Crippen LogP contribution in [0.15, 0.2) is 36.0 Å². The van der Waals surface area contributed by atoms with Crippen LogP contribution in [-0.2, 0) is 52.4 Å². The average molecular weight is 874 g/mol. The Kier molecular flexibility index (Phi) is 19.6. The van der Waals surface area contributed by atoms with E-state index in [0.29, 0.717) is 44.1 Å². The first-order valence-electron chi connectivity index (χ1n) is 22.8. The number of ether oxygens (including phenoxy) is 6. The Morgan fingerprint density at radius 1 is 0.984 bits per heavy atom. The Morgan fingerprint density at radius 2 is 1.68 bits per heavy atom. The molecule has 2 N–H and O–H groups in total. The minimum atomic E-state index is -2.52. The van der Waals surface area contributed by atoms with E-state index in [1.807, 2.05) is 26.8 Å². The summed E-state index contributed by atoms with van der Waals surface area (Å²) in [5.74, 6) is -8.00. The third-order valence-electron chi connectivity index (χ3n) is 13.6. The maximum absolute atomic E-state index is 14.4. The van der Waals surface area contributed by atoms with E-state index in [9.17, 15) is 34.2 Å². The number of esters is 2. The first-order chi connectivity index (χ1) is 29.4. The fourth-order valence-corrected chi connectivity index (χ4v) is 10.1. The van der Waals surface area contributed by atoms with Gasteiger partial charge in [-0.15, -0.1) is 6.58 Å². The summed E-state index contributed by atoms with van der Waals surface area (Å²) in [6, 6.07) is -1.15. The highest BCUT2D eigenvalue weighted by Crippen LogP contribution is 2.39. The second kappa shape index (κ2) is 23.6. The predicted molar refractivity (Wildman–Crippen MR) is 231 cm³/mol. The van der Waals surface area contributed by atoms with Gasteiger partial charge in [-0.05, 0) is 108 Å². The third-order valence-corrected chi connectivity index (χ3v) is 13.6. The number of carbonyl (C=O) groups excluding carboxylic acids is 5. The summed E-state index contributed by atoms with van der Waals surface area (Å²) in [6.07, 6.45) is 6.21. The van der Waals surface area contributed by atoms with Crippen molar-refractivity contribution >= 4 is 29.4 Å². The number of hydrogen-bond donors (Lipinski definition) is 2. The first kappa shape index (κ1) is 51.4. The smallest absolute Gasteiger partial charge is 0.332 e. The molecule has 0 spiro atoms. The van der Waals surface area contributed by atoms with Gasteiger partial charge in [0.15, 0.2) is 0 Å². The lowest BCUT2D eigenvalue weighted by Crippen LogP contribution is -2.64. The molecule has 3 fully saturated rings. The zero-order valence-electron chi connectivity index (χ0n) is 38.7. The molecule has 0 aromatic heterocycles. The number of carbonyl (C=O) groups is 5. The normalized spacial score (nSPS) is 38.5. The molecule has 14 heteroatoms. The van der Waals surface area contributed by atoms with Crippen LogP contribution in [0.25, 0.3) is 0 Å². The topological polar surface area (TPSA) is 184 Å². The van der Waals surface area contributed by atoms with Gasteiger partial charge in [0.2, 0.25) is 5.79 Å². The van der Waals surface area contributed by atoms with Crippen LogP contribution in [0.1, 0.15) is 119 Å². The van der Waals surface area contributed by atoms with Gasteiger partial charge in [-0.2, -0.15) is 0 Å². The quantitative estimate of drug-likeness (QED) is 0.152. The fourth-order valence-electron chi connectivity index (χ4n) is 10.1. The van der Waals surface area contributed by atoms with Gasteiger partial charge in [0.05, 0.1) is 31.0 Å². The highest BCUT2D eigenvalue weighted by atomic mass is 16.7. The zero-order chi connectivity index (χ0) is 45.9. The maximum atomic E-state index is 14.4. The van der Waals surface area contributed by atoms with E-state index in [0.717, 1.165) is 18.4 Å². The number of fused-ring (bicyclic) bond motifs is 3. The van der Waals surface area contributed by atoms with Gasteiger partial charge in [-0.3, -0.25) is 14.4 Å². The summed E-state index contributed by atoms with van der Waals surface area (Å²) in [4.78, 5) is 70.2. The monoisotopic (exact) mass is 874 g/mol. The summed E-state index contributed by atoms with van der Waals surface area (Å²) < 4.78 is 35.3. The number of methoxy groups -OCH3 is 2. The van der Waals surface area contributed by atoms with Gasteiger partial charge in [0.1, 0.15) is 30.6 Å². The van der Waals surface area contributed by atoms with E-state index < -0.39 is 83.7 Å². The number of nitrogens with zero attached hydrogens (tertiary/aromatic N) is 1. The molecule has 1 aliphatic carbocycles. The number of amides is 1. The Morgan fingerprint density at radius 3 is 2.32 bits per heavy atom. The summed E-state index contributed by atoms with van der Waals surface area (Å²) in [7, 11) is 3.05. The van der Waals surface area contributed by atoms with E-state index in [-0.39, 0.29) is 68.7 Å². The van der Waals surface area contributed by atoms with Crippen LogP contribution < -0.4 is 0 Å². The molecule has 62 heavy (non-hydrogen) atoms. The molecule has 1 unspecified atom stereocenters. The number of ketones is 2. The number of hydrogen-bond acceptors (Lipinski definition) is 13. The van der Waals surface area contributed by atoms with Gasteiger partial charge < -0.3 is 43.5 Å². The van der Waals surface area contributed by atoms with Crippen molar-refractivity contribution in [2.45, 2.75) is 168 Å². The predicted octanol–water partition coefficient (Wildman–Crippen LogP) is 5.85. The van der Waals surface area contributed by atoms with E-state index >= 15 is 0 Å². The van der Waals surface area contributed by atoms with Crippen molar-refractivity contribution in [1.29, 1.82) is 0 Å². The van der Waals surface area contributed by atoms with Crippen LogP contribution in [0.2, 0.25) is 0 Å². The van der Waals surface area contributed by atoms with Crippen molar-refractivity contribution in [2.75, 3.05) is 34.0 Å². The van der Waals surface area contributed by atoms with E-state index in [1.54, 1.807) is 26.8 Å². The molecular weight excluding hydrogens is 799 g/mol. The highest BCUT2D eigenvalue weighted by molar-refractivity contribution is 6.39. The van der Waals surface area contributed by atoms with Crippen molar-refractivity contribution in [3.63, 3.8) is 0 Å². The largest absolute Gasteiger partial charge is 0.464 e. The van der Waals surface area contributed by atoms with Crippen LogP contribution in [0.5, 0.6) is 0 Å². The molecule has 14 atom stereocenters. The molecular formula is C48H75NO13. The van der Waals surface area contributed by atoms with E-state index in [4.69, 9.17) is 28.4 Å². The number of aliphatic hydroxyl groups excluding tert-OH is 1. The lowest BCUT2D eigenvalue weighted by atomic mass is 9.78. The van der Waals surface area contributed by atoms with Crippen LogP contribution >= 0.6 is 0 Å². The first-order valence-corrected chi connectivity index (χ1v) is 22.8. The fraction of sp³-hybridized carbons (Fsp3) is 0.771. The average Bonchev–Trinajstić information content (AvgIpc) is 3.23. The maximum Gasteiger partial charge on any atom is 0.332 e. The molecule has 3 aliphatic heterocycles. The van der Waals surface area contributed by atoms with Crippen molar-refractivity contribution in [3.05, 3.63) is 36.0 Å². The minimum Gasteiger partial charge on any atom is -0.464 e. The molecule has 1 amide bonds. The van der Waals surface area contributed by atoms with E-state index in [2.05, 4.69) is 19.6 Å². The summed E-state index contributed by atoms with van der Waals surface area (Å²) >= 11 is 0. The highest BCUT2D eigenvalue weighted by Gasteiger charge is 2.56. The molecule has 4 rings (SSSR count). The number of piperidine rings is 1. The molecule has 0 aromatic carbocycles. The Hall–Kier alpha value is -3.27. The molecule has 3 heterocycles. The number of rotatable bonds is 10. The van der Waals surface area contributed by atoms with Crippen LogP contribution in [0.4, 0.5) is 0 Å². The van der Waals surface area contributed by atoms with Crippen LogP contribution in [0.3, 0.4) is 0 Å². The number of cyclic esters (lactones) is 1. The van der Waals surface area contributed by atoms with E-state index in [1.165, 1.54) is 19.1 Å². The van der Waals surface area contributed by atoms with Gasteiger partial charge in [-0.25, -0.2) is 9.59 Å². The summed E-state index contributed by atoms with van der Waals surface area (Å²) in [5.41, 5.74) is 1.64. The van der Waals surface area contributed by atoms with Crippen molar-refractivity contribution in [2.24, 2.45) is 35.5 Å². The Bertz CT molecular complexity index is 1630. The number of allylic oxidation sites excluding steroid dienone is 4. The molecule has 14 nitrogen and oxygen atoms in total. The zero-order valence-corrected chi connectivity index (χ0v) is 38.7. The lowest BCUT2D eigenvalue weighted by molar-refractivity contribution is -0.302. The number of aliphatic hydroxyl groups is 2.